The van der Waals surface area contributed by atoms with Crippen LogP contribution in [0.1, 0.15) is 24.2 Å². The second-order valence-corrected chi connectivity index (χ2v) is 8.50. The molecule has 7 heteroatoms. The predicted octanol–water partition coefficient (Wildman–Crippen LogP) is 4.81. The molecule has 0 spiro atoms. The van der Waals surface area contributed by atoms with Gasteiger partial charge in [0.25, 0.3) is 0 Å². The van der Waals surface area contributed by atoms with E-state index in [9.17, 15) is 4.79 Å². The number of carbonyl (C=O) groups is 1. The van der Waals surface area contributed by atoms with Crippen LogP contribution in [0, 0.1) is 0 Å². The zero-order chi connectivity index (χ0) is 25.2. The van der Waals surface area contributed by atoms with Gasteiger partial charge in [-0.25, -0.2) is 4.98 Å². The van der Waals surface area contributed by atoms with Crippen molar-refractivity contribution >= 4 is 16.9 Å². The lowest BCUT2D eigenvalue weighted by atomic mass is 10.1. The Morgan fingerprint density at radius 3 is 2.50 bits per heavy atom. The lowest BCUT2D eigenvalue weighted by molar-refractivity contribution is -0.120. The molecule has 0 saturated carbocycles. The van der Waals surface area contributed by atoms with Crippen molar-refractivity contribution in [1.82, 2.24) is 14.9 Å². The number of rotatable bonds is 13. The van der Waals surface area contributed by atoms with Gasteiger partial charge in [0.15, 0.2) is 11.5 Å². The van der Waals surface area contributed by atoms with Gasteiger partial charge in [-0.2, -0.15) is 0 Å². The maximum Gasteiger partial charge on any atom is 0.224 e. The van der Waals surface area contributed by atoms with E-state index in [1.54, 1.807) is 14.2 Å². The Hall–Kier alpha value is -4.00. The zero-order valence-electron chi connectivity index (χ0n) is 20.9. The number of fused-ring (bicyclic) bond motifs is 1. The second-order valence-electron chi connectivity index (χ2n) is 8.50. The van der Waals surface area contributed by atoms with E-state index >= 15 is 0 Å². The highest BCUT2D eigenvalue weighted by atomic mass is 16.5. The van der Waals surface area contributed by atoms with Crippen LogP contribution in [0.3, 0.4) is 0 Å². The number of aromatic nitrogens is 2. The van der Waals surface area contributed by atoms with Crippen LogP contribution < -0.4 is 19.5 Å². The molecule has 1 N–H and O–H groups in total. The molecule has 4 rings (SSSR count). The summed E-state index contributed by atoms with van der Waals surface area (Å²) in [6.45, 7) is 2.05. The van der Waals surface area contributed by atoms with Crippen molar-refractivity contribution in [3.8, 4) is 17.2 Å². The van der Waals surface area contributed by atoms with Gasteiger partial charge in [-0.3, -0.25) is 4.79 Å². The number of hydrogen-bond donors (Lipinski definition) is 1. The number of amides is 1. The summed E-state index contributed by atoms with van der Waals surface area (Å²) in [5, 5.41) is 3.03. The molecule has 0 aliphatic heterocycles. The van der Waals surface area contributed by atoms with Gasteiger partial charge in [-0.1, -0.05) is 36.4 Å². The minimum Gasteiger partial charge on any atom is -0.494 e. The molecule has 36 heavy (non-hydrogen) atoms. The van der Waals surface area contributed by atoms with Crippen LogP contribution in [-0.2, 0) is 24.2 Å². The fraction of sp³-hybridized carbons (Fsp3) is 0.310. The molecule has 1 heterocycles. The number of unbranched alkanes of at least 4 members (excludes halogenated alkanes) is 1. The predicted molar refractivity (Wildman–Crippen MR) is 141 cm³/mol. The van der Waals surface area contributed by atoms with Gasteiger partial charge >= 0.3 is 0 Å². The summed E-state index contributed by atoms with van der Waals surface area (Å²) >= 11 is 0. The summed E-state index contributed by atoms with van der Waals surface area (Å²) in [5.74, 6) is 3.10. The van der Waals surface area contributed by atoms with E-state index in [2.05, 4.69) is 16.0 Å². The Labute approximate surface area is 212 Å². The lowest BCUT2D eigenvalue weighted by Gasteiger charge is -2.11. The van der Waals surface area contributed by atoms with Gasteiger partial charge in [-0.15, -0.1) is 0 Å². The van der Waals surface area contributed by atoms with Crippen LogP contribution in [-0.4, -0.2) is 42.8 Å². The maximum atomic E-state index is 12.6. The molecule has 3 aromatic carbocycles. The number of imidazole rings is 1. The third-order valence-corrected chi connectivity index (χ3v) is 6.01. The number of para-hydroxylation sites is 3. The Balaban J connectivity index is 1.30. The Kier molecular flexibility index (Phi) is 8.81. The first-order valence-electron chi connectivity index (χ1n) is 12.3. The minimum atomic E-state index is -0.0389. The Bertz CT molecular complexity index is 1270. The van der Waals surface area contributed by atoms with Gasteiger partial charge in [-0.05, 0) is 54.8 Å². The number of nitrogens with zero attached hydrogens (tertiary/aromatic N) is 2. The molecule has 0 unspecified atom stereocenters. The molecule has 0 aliphatic carbocycles. The SMILES string of the molecule is COc1ccc(CC(=O)NCCc2nc3ccccc3n2CCCCOc2ccccc2)cc1OC. The van der Waals surface area contributed by atoms with E-state index in [0.717, 1.165) is 47.6 Å². The molecule has 0 fully saturated rings. The minimum absolute atomic E-state index is 0.0389. The Morgan fingerprint density at radius 2 is 1.69 bits per heavy atom. The standard InChI is InChI=1S/C29H33N3O4/c1-34-26-15-14-22(20-27(26)35-2)21-29(33)30-17-16-28-31-24-12-6-7-13-25(24)32(28)18-8-9-19-36-23-10-4-3-5-11-23/h3-7,10-15,20H,8-9,16-19,21H2,1-2H3,(H,30,33). The quantitative estimate of drug-likeness (QED) is 0.274. The fourth-order valence-electron chi connectivity index (χ4n) is 4.20. The highest BCUT2D eigenvalue weighted by Crippen LogP contribution is 2.27. The molecule has 1 aromatic heterocycles. The molecule has 0 bridgehead atoms. The molecule has 4 aromatic rings. The average molecular weight is 488 g/mol. The van der Waals surface area contributed by atoms with Gasteiger partial charge in [0, 0.05) is 19.5 Å². The number of nitrogens with one attached hydrogen (secondary N) is 1. The van der Waals surface area contributed by atoms with Crippen LogP contribution in [0.25, 0.3) is 11.0 Å². The zero-order valence-corrected chi connectivity index (χ0v) is 20.9. The summed E-state index contributed by atoms with van der Waals surface area (Å²) in [7, 11) is 3.18. The Morgan fingerprint density at radius 1 is 0.917 bits per heavy atom. The second kappa shape index (κ2) is 12.6. The summed E-state index contributed by atoms with van der Waals surface area (Å²) in [5.41, 5.74) is 2.97. The van der Waals surface area contributed by atoms with E-state index in [-0.39, 0.29) is 12.3 Å². The molecule has 1 amide bonds. The van der Waals surface area contributed by atoms with Crippen molar-refractivity contribution in [2.75, 3.05) is 27.4 Å². The first-order chi connectivity index (χ1) is 17.7. The molecular weight excluding hydrogens is 454 g/mol. The number of benzene rings is 3. The van der Waals surface area contributed by atoms with Crippen LogP contribution in [0.4, 0.5) is 0 Å². The van der Waals surface area contributed by atoms with Crippen LogP contribution in [0.2, 0.25) is 0 Å². The van der Waals surface area contributed by atoms with E-state index in [4.69, 9.17) is 19.2 Å². The topological polar surface area (TPSA) is 74.6 Å². The highest BCUT2D eigenvalue weighted by Gasteiger charge is 2.12. The average Bonchev–Trinajstić information content (AvgIpc) is 3.26. The summed E-state index contributed by atoms with van der Waals surface area (Å²) in [6.07, 6.45) is 2.86. The molecule has 0 saturated heterocycles. The van der Waals surface area contributed by atoms with E-state index in [1.165, 1.54) is 0 Å². The van der Waals surface area contributed by atoms with Gasteiger partial charge in [0.1, 0.15) is 11.6 Å². The van der Waals surface area contributed by atoms with Crippen molar-refractivity contribution in [1.29, 1.82) is 0 Å². The molecule has 7 nitrogen and oxygen atoms in total. The maximum absolute atomic E-state index is 12.6. The molecule has 0 radical (unpaired) electrons. The molecule has 188 valence electrons. The van der Waals surface area contributed by atoms with E-state index < -0.39 is 0 Å². The number of hydrogen-bond acceptors (Lipinski definition) is 5. The lowest BCUT2D eigenvalue weighted by Crippen LogP contribution is -2.28. The highest BCUT2D eigenvalue weighted by molar-refractivity contribution is 5.79. The number of carbonyl (C=O) groups excluding carboxylic acids is 1. The summed E-state index contributed by atoms with van der Waals surface area (Å²) < 4.78 is 18.7. The molecule has 0 atom stereocenters. The first-order valence-corrected chi connectivity index (χ1v) is 12.3. The number of ether oxygens (including phenoxy) is 3. The molecule has 0 aliphatic rings. The van der Waals surface area contributed by atoms with E-state index in [1.807, 2.05) is 66.7 Å². The van der Waals surface area contributed by atoms with Crippen LogP contribution in [0.15, 0.2) is 72.8 Å². The smallest absolute Gasteiger partial charge is 0.224 e. The van der Waals surface area contributed by atoms with Gasteiger partial charge in [0.2, 0.25) is 5.91 Å². The molecular formula is C29H33N3O4. The largest absolute Gasteiger partial charge is 0.494 e. The number of aryl methyl sites for hydroxylation is 1. The van der Waals surface area contributed by atoms with Crippen molar-refractivity contribution in [3.63, 3.8) is 0 Å². The van der Waals surface area contributed by atoms with E-state index in [0.29, 0.717) is 31.1 Å². The third kappa shape index (κ3) is 6.56. The summed E-state index contributed by atoms with van der Waals surface area (Å²) in [4.78, 5) is 17.4. The monoisotopic (exact) mass is 487 g/mol. The number of methoxy groups -OCH3 is 2. The summed E-state index contributed by atoms with van der Waals surface area (Å²) in [6, 6.07) is 23.6. The fourth-order valence-corrected chi connectivity index (χ4v) is 4.20. The van der Waals surface area contributed by atoms with Crippen molar-refractivity contribution in [3.05, 3.63) is 84.2 Å². The van der Waals surface area contributed by atoms with Crippen LogP contribution in [0.5, 0.6) is 17.2 Å². The normalized spacial score (nSPS) is 10.8. The third-order valence-electron chi connectivity index (χ3n) is 6.01. The van der Waals surface area contributed by atoms with Gasteiger partial charge < -0.3 is 24.1 Å². The van der Waals surface area contributed by atoms with Crippen molar-refractivity contribution in [2.45, 2.75) is 32.2 Å². The van der Waals surface area contributed by atoms with Crippen LogP contribution >= 0.6 is 0 Å². The van der Waals surface area contributed by atoms with Crippen molar-refractivity contribution in [2.24, 2.45) is 0 Å². The first kappa shape index (κ1) is 25.1. The van der Waals surface area contributed by atoms with Crippen molar-refractivity contribution < 1.29 is 19.0 Å². The van der Waals surface area contributed by atoms with Gasteiger partial charge in [0.05, 0.1) is 38.3 Å².